The molecule has 1 saturated carbocycles. The molecule has 0 spiro atoms. The van der Waals surface area contributed by atoms with Gasteiger partial charge in [-0.25, -0.2) is 9.97 Å². The molecule has 0 unspecified atom stereocenters. The zero-order valence-electron chi connectivity index (χ0n) is 19.3. The lowest BCUT2D eigenvalue weighted by Crippen LogP contribution is -2.15. The van der Waals surface area contributed by atoms with Crippen molar-refractivity contribution in [2.24, 2.45) is 0 Å². The number of carboxylic acids is 1. The summed E-state index contributed by atoms with van der Waals surface area (Å²) in [7, 11) is 1.53. The Kier molecular flexibility index (Phi) is 7.57. The molecule has 1 atom stereocenters. The molecule has 7 heteroatoms. The van der Waals surface area contributed by atoms with Crippen LogP contribution in [0, 0.1) is 0 Å². The Labute approximate surface area is 195 Å². The van der Waals surface area contributed by atoms with Gasteiger partial charge in [-0.05, 0) is 67.6 Å². The minimum Gasteiger partial charge on any atom is -0.481 e. The van der Waals surface area contributed by atoms with Crippen LogP contribution >= 0.6 is 0 Å². The third-order valence-corrected chi connectivity index (χ3v) is 6.60. The number of hydrogen-bond donors (Lipinski definition) is 2. The standard InChI is InChI=1S/C26H33N3O4/c1-33-24-11-10-19(16-28-24)20(15-25(31)32)13-21(30)6-2-3-7-23-22(17-8-9-17)14-18-5-4-12-27-26(18)29-23/h10-11,14,16-17,20H,2-9,12-13,15H2,1H3,(H,27,29)(H,31,32)/t20-/m1/s1. The molecule has 1 aliphatic carbocycles. The highest BCUT2D eigenvalue weighted by Crippen LogP contribution is 2.43. The number of methoxy groups -OCH3 is 1. The number of Topliss-reactive ketones (excluding diaryl/α,β-unsaturated/α-hetero) is 1. The molecule has 176 valence electrons. The number of ether oxygens (including phenoxy) is 1. The number of aliphatic carboxylic acids is 1. The van der Waals surface area contributed by atoms with E-state index in [-0.39, 0.29) is 24.5 Å². The number of anilines is 1. The lowest BCUT2D eigenvalue weighted by molar-refractivity contribution is -0.137. The first-order valence-electron chi connectivity index (χ1n) is 12.0. The Hall–Kier alpha value is -2.96. The summed E-state index contributed by atoms with van der Waals surface area (Å²) < 4.78 is 5.07. The van der Waals surface area contributed by atoms with Crippen molar-refractivity contribution in [1.82, 2.24) is 9.97 Å². The third-order valence-electron chi connectivity index (χ3n) is 6.60. The van der Waals surface area contributed by atoms with Crippen molar-refractivity contribution in [2.75, 3.05) is 19.0 Å². The predicted molar refractivity (Wildman–Crippen MR) is 126 cm³/mol. The topological polar surface area (TPSA) is 101 Å². The maximum atomic E-state index is 12.7. The zero-order valence-corrected chi connectivity index (χ0v) is 19.3. The Morgan fingerprint density at radius 2 is 2.09 bits per heavy atom. The molecule has 2 aromatic heterocycles. The van der Waals surface area contributed by atoms with Gasteiger partial charge in [0.25, 0.3) is 0 Å². The van der Waals surface area contributed by atoms with Gasteiger partial charge in [-0.3, -0.25) is 9.59 Å². The lowest BCUT2D eigenvalue weighted by Gasteiger charge is -2.20. The first-order valence-corrected chi connectivity index (χ1v) is 12.0. The molecule has 0 saturated heterocycles. The summed E-state index contributed by atoms with van der Waals surface area (Å²) in [6, 6.07) is 5.86. The lowest BCUT2D eigenvalue weighted by atomic mass is 9.90. The molecule has 0 aromatic carbocycles. The second-order valence-electron chi connectivity index (χ2n) is 9.22. The van der Waals surface area contributed by atoms with Crippen molar-refractivity contribution in [3.63, 3.8) is 0 Å². The van der Waals surface area contributed by atoms with Gasteiger partial charge >= 0.3 is 5.97 Å². The monoisotopic (exact) mass is 451 g/mol. The van der Waals surface area contributed by atoms with E-state index in [1.54, 1.807) is 18.3 Å². The molecule has 2 aromatic rings. The van der Waals surface area contributed by atoms with Crippen LogP contribution in [0.4, 0.5) is 5.82 Å². The van der Waals surface area contributed by atoms with E-state index >= 15 is 0 Å². The van der Waals surface area contributed by atoms with Gasteiger partial charge in [0.1, 0.15) is 11.6 Å². The fourth-order valence-electron chi connectivity index (χ4n) is 4.65. The predicted octanol–water partition coefficient (Wildman–Crippen LogP) is 4.65. The number of unbranched alkanes of at least 4 members (excludes halogenated alkanes) is 1. The van der Waals surface area contributed by atoms with Crippen LogP contribution in [-0.2, 0) is 22.4 Å². The van der Waals surface area contributed by atoms with Gasteiger partial charge in [-0.1, -0.05) is 12.1 Å². The highest BCUT2D eigenvalue weighted by atomic mass is 16.5. The molecule has 0 bridgehead atoms. The fraction of sp³-hybridized carbons (Fsp3) is 0.538. The Balaban J connectivity index is 1.30. The van der Waals surface area contributed by atoms with Crippen molar-refractivity contribution in [3.8, 4) is 5.88 Å². The average Bonchev–Trinajstić information content (AvgIpc) is 3.66. The van der Waals surface area contributed by atoms with E-state index in [1.165, 1.54) is 36.8 Å². The molecule has 2 N–H and O–H groups in total. The summed E-state index contributed by atoms with van der Waals surface area (Å²) in [5.74, 6) is 0.986. The van der Waals surface area contributed by atoms with Crippen molar-refractivity contribution >= 4 is 17.6 Å². The number of carboxylic acid groups (broad SMARTS) is 1. The van der Waals surface area contributed by atoms with Crippen LogP contribution in [0.1, 0.15) is 85.6 Å². The van der Waals surface area contributed by atoms with Crippen molar-refractivity contribution in [2.45, 2.75) is 76.0 Å². The normalized spacial score (nSPS) is 15.9. The maximum Gasteiger partial charge on any atom is 0.303 e. The molecule has 3 heterocycles. The van der Waals surface area contributed by atoms with E-state index in [0.29, 0.717) is 18.2 Å². The van der Waals surface area contributed by atoms with Gasteiger partial charge in [0, 0.05) is 43.3 Å². The number of pyridine rings is 2. The van der Waals surface area contributed by atoms with Crippen LogP contribution in [-0.4, -0.2) is 40.5 Å². The molecule has 4 rings (SSSR count). The van der Waals surface area contributed by atoms with E-state index in [0.717, 1.165) is 50.0 Å². The first kappa shape index (κ1) is 23.2. The molecule has 0 amide bonds. The Bertz CT molecular complexity index is 986. The van der Waals surface area contributed by atoms with E-state index in [1.807, 2.05) is 0 Å². The average molecular weight is 452 g/mol. The van der Waals surface area contributed by atoms with Gasteiger partial charge in [-0.2, -0.15) is 0 Å². The SMILES string of the molecule is COc1ccc([C@@H](CC(=O)O)CC(=O)CCCCc2nc3c(cc2C2CC2)CCCN3)cn1. The molecular weight excluding hydrogens is 418 g/mol. The highest BCUT2D eigenvalue weighted by molar-refractivity contribution is 5.80. The number of rotatable bonds is 12. The number of fused-ring (bicyclic) bond motifs is 1. The van der Waals surface area contributed by atoms with Gasteiger partial charge in [-0.15, -0.1) is 0 Å². The Morgan fingerprint density at radius 1 is 1.24 bits per heavy atom. The van der Waals surface area contributed by atoms with Gasteiger partial charge < -0.3 is 15.2 Å². The second kappa shape index (κ2) is 10.8. The zero-order chi connectivity index (χ0) is 23.2. The number of ketones is 1. The van der Waals surface area contributed by atoms with Gasteiger partial charge in [0.05, 0.1) is 13.5 Å². The minimum atomic E-state index is -0.914. The second-order valence-corrected chi connectivity index (χ2v) is 9.22. The fourth-order valence-corrected chi connectivity index (χ4v) is 4.65. The van der Waals surface area contributed by atoms with E-state index in [4.69, 9.17) is 9.72 Å². The summed E-state index contributed by atoms with van der Waals surface area (Å²) in [6.07, 6.45) is 9.55. The number of aryl methyl sites for hydroxylation is 2. The number of nitrogens with zero attached hydrogens (tertiary/aromatic N) is 2. The summed E-state index contributed by atoms with van der Waals surface area (Å²) >= 11 is 0. The number of aromatic nitrogens is 2. The van der Waals surface area contributed by atoms with Crippen LogP contribution in [0.15, 0.2) is 24.4 Å². The number of carbonyl (C=O) groups is 2. The van der Waals surface area contributed by atoms with Crippen LogP contribution in [0.5, 0.6) is 5.88 Å². The summed E-state index contributed by atoms with van der Waals surface area (Å²) in [5.41, 5.74) is 4.70. The molecule has 0 radical (unpaired) electrons. The van der Waals surface area contributed by atoms with E-state index < -0.39 is 5.97 Å². The molecular formula is C26H33N3O4. The van der Waals surface area contributed by atoms with Crippen molar-refractivity contribution in [1.29, 1.82) is 0 Å². The van der Waals surface area contributed by atoms with Gasteiger partial charge in [0.15, 0.2) is 0 Å². The highest BCUT2D eigenvalue weighted by Gasteiger charge is 2.28. The Morgan fingerprint density at radius 3 is 2.79 bits per heavy atom. The van der Waals surface area contributed by atoms with Gasteiger partial charge in [0.2, 0.25) is 5.88 Å². The largest absolute Gasteiger partial charge is 0.481 e. The molecule has 33 heavy (non-hydrogen) atoms. The van der Waals surface area contributed by atoms with E-state index in [9.17, 15) is 14.7 Å². The van der Waals surface area contributed by atoms with Crippen LogP contribution < -0.4 is 10.1 Å². The maximum absolute atomic E-state index is 12.7. The van der Waals surface area contributed by atoms with E-state index in [2.05, 4.69) is 16.4 Å². The van der Waals surface area contributed by atoms with Crippen LogP contribution in [0.3, 0.4) is 0 Å². The smallest absolute Gasteiger partial charge is 0.303 e. The van der Waals surface area contributed by atoms with Crippen molar-refractivity contribution in [3.05, 3.63) is 46.8 Å². The summed E-state index contributed by atoms with van der Waals surface area (Å²) in [6.45, 7) is 0.984. The van der Waals surface area contributed by atoms with Crippen LogP contribution in [0.25, 0.3) is 0 Å². The molecule has 1 fully saturated rings. The first-order chi connectivity index (χ1) is 16.0. The third kappa shape index (κ3) is 6.30. The summed E-state index contributed by atoms with van der Waals surface area (Å²) in [5, 5.41) is 12.7. The number of nitrogens with one attached hydrogen (secondary N) is 1. The summed E-state index contributed by atoms with van der Waals surface area (Å²) in [4.78, 5) is 33.1. The van der Waals surface area contributed by atoms with Crippen molar-refractivity contribution < 1.29 is 19.4 Å². The number of hydrogen-bond acceptors (Lipinski definition) is 6. The number of carbonyl (C=O) groups excluding carboxylic acids is 1. The molecule has 1 aliphatic heterocycles. The van der Waals surface area contributed by atoms with Crippen LogP contribution in [0.2, 0.25) is 0 Å². The molecule has 2 aliphatic rings. The molecule has 7 nitrogen and oxygen atoms in total. The minimum absolute atomic E-state index is 0.0868. The quantitative estimate of drug-likeness (QED) is 0.453.